The van der Waals surface area contributed by atoms with Crippen LogP contribution in [-0.2, 0) is 10.4 Å². The Balaban J connectivity index is 2.37. The zero-order valence-electron chi connectivity index (χ0n) is 9.85. The summed E-state index contributed by atoms with van der Waals surface area (Å²) < 4.78 is 18.0. The van der Waals surface area contributed by atoms with Crippen LogP contribution in [0.4, 0.5) is 4.39 Å². The first kappa shape index (κ1) is 12.4. The third-order valence-corrected chi connectivity index (χ3v) is 2.62. The molecular weight excluding hydrogens is 239 g/mol. The number of ketones is 1. The Bertz CT molecular complexity index is 575. The Hall–Kier alpha value is -2.08. The van der Waals surface area contributed by atoms with Gasteiger partial charge in [-0.2, -0.15) is 0 Å². The van der Waals surface area contributed by atoms with Gasteiger partial charge in [-0.3, -0.25) is 4.79 Å². The lowest BCUT2D eigenvalue weighted by molar-refractivity contribution is -0.136. The van der Waals surface area contributed by atoms with Crippen LogP contribution in [0.2, 0.25) is 0 Å². The standard InChI is InChI=1S/C12H11FN2O3/c1-7(16)12(2,17)11-15-14-10(18-11)8-3-5-9(13)6-4-8/h3-6,17H,1-2H3. The second-order valence-electron chi connectivity index (χ2n) is 4.05. The Labute approximate surface area is 102 Å². The van der Waals surface area contributed by atoms with Gasteiger partial charge in [-0.15, -0.1) is 10.2 Å². The first-order valence-corrected chi connectivity index (χ1v) is 5.24. The molecule has 5 nitrogen and oxygen atoms in total. The van der Waals surface area contributed by atoms with E-state index in [0.29, 0.717) is 5.56 Å². The van der Waals surface area contributed by atoms with Crippen LogP contribution in [0.5, 0.6) is 0 Å². The van der Waals surface area contributed by atoms with E-state index in [9.17, 15) is 14.3 Å². The van der Waals surface area contributed by atoms with E-state index in [0.717, 1.165) is 0 Å². The third-order valence-electron chi connectivity index (χ3n) is 2.62. The lowest BCUT2D eigenvalue weighted by Crippen LogP contribution is -2.30. The molecule has 0 saturated carbocycles. The predicted octanol–water partition coefficient (Wildman–Crippen LogP) is 1.67. The number of aliphatic hydroxyl groups is 1. The molecule has 1 aromatic heterocycles. The van der Waals surface area contributed by atoms with Crippen LogP contribution in [-0.4, -0.2) is 21.1 Å². The van der Waals surface area contributed by atoms with Crippen molar-refractivity contribution < 1.29 is 18.7 Å². The summed E-state index contributed by atoms with van der Waals surface area (Å²) in [7, 11) is 0. The normalized spacial score (nSPS) is 14.2. The fourth-order valence-electron chi connectivity index (χ4n) is 1.28. The largest absolute Gasteiger partial charge is 0.417 e. The number of carbonyl (C=O) groups is 1. The lowest BCUT2D eigenvalue weighted by Gasteiger charge is -2.13. The molecule has 0 amide bonds. The summed E-state index contributed by atoms with van der Waals surface area (Å²) in [6.45, 7) is 2.50. The minimum absolute atomic E-state index is 0.117. The Morgan fingerprint density at radius 3 is 2.50 bits per heavy atom. The molecule has 6 heteroatoms. The topological polar surface area (TPSA) is 76.2 Å². The van der Waals surface area contributed by atoms with Crippen LogP contribution in [0.25, 0.3) is 11.5 Å². The molecule has 0 fully saturated rings. The van der Waals surface area contributed by atoms with Crippen LogP contribution in [0.3, 0.4) is 0 Å². The summed E-state index contributed by atoms with van der Waals surface area (Å²) >= 11 is 0. The van der Waals surface area contributed by atoms with Gasteiger partial charge < -0.3 is 9.52 Å². The van der Waals surface area contributed by atoms with Crippen LogP contribution < -0.4 is 0 Å². The van der Waals surface area contributed by atoms with E-state index in [1.54, 1.807) is 0 Å². The van der Waals surface area contributed by atoms with Gasteiger partial charge in [0.05, 0.1) is 0 Å². The molecule has 1 atom stereocenters. The molecule has 1 aromatic carbocycles. The van der Waals surface area contributed by atoms with Crippen molar-refractivity contribution in [2.24, 2.45) is 0 Å². The number of Topliss-reactive ketones (excluding diaryl/α,β-unsaturated/α-hetero) is 1. The second kappa shape index (κ2) is 4.30. The highest BCUT2D eigenvalue weighted by atomic mass is 19.1. The quantitative estimate of drug-likeness (QED) is 0.896. The number of aromatic nitrogens is 2. The Morgan fingerprint density at radius 1 is 1.33 bits per heavy atom. The molecule has 0 radical (unpaired) electrons. The molecule has 0 spiro atoms. The van der Waals surface area contributed by atoms with E-state index in [1.807, 2.05) is 0 Å². The maximum Gasteiger partial charge on any atom is 0.255 e. The molecule has 1 N–H and O–H groups in total. The van der Waals surface area contributed by atoms with E-state index in [-0.39, 0.29) is 17.6 Å². The van der Waals surface area contributed by atoms with Gasteiger partial charge in [-0.25, -0.2) is 4.39 Å². The number of rotatable bonds is 3. The molecule has 18 heavy (non-hydrogen) atoms. The van der Waals surface area contributed by atoms with E-state index in [1.165, 1.54) is 38.1 Å². The highest BCUT2D eigenvalue weighted by Crippen LogP contribution is 2.24. The summed E-state index contributed by atoms with van der Waals surface area (Å²) in [5.74, 6) is -0.952. The molecule has 0 bridgehead atoms. The van der Waals surface area contributed by atoms with Crippen molar-refractivity contribution in [2.45, 2.75) is 19.4 Å². The maximum atomic E-state index is 12.8. The van der Waals surface area contributed by atoms with Gasteiger partial charge in [0.2, 0.25) is 5.89 Å². The van der Waals surface area contributed by atoms with Crippen LogP contribution in [0.15, 0.2) is 28.7 Å². The molecule has 0 saturated heterocycles. The number of hydrogen-bond acceptors (Lipinski definition) is 5. The Kier molecular flexibility index (Phi) is 2.96. The number of carbonyl (C=O) groups excluding carboxylic acids is 1. The second-order valence-corrected chi connectivity index (χ2v) is 4.05. The fraction of sp³-hybridized carbons (Fsp3) is 0.250. The number of halogens is 1. The molecular formula is C12H11FN2O3. The SMILES string of the molecule is CC(=O)C(C)(O)c1nnc(-c2ccc(F)cc2)o1. The first-order valence-electron chi connectivity index (χ1n) is 5.24. The lowest BCUT2D eigenvalue weighted by atomic mass is 10.0. The summed E-state index contributed by atoms with van der Waals surface area (Å²) in [4.78, 5) is 11.2. The van der Waals surface area contributed by atoms with Gasteiger partial charge in [0.25, 0.3) is 5.89 Å². The van der Waals surface area contributed by atoms with Gasteiger partial charge >= 0.3 is 0 Å². The highest BCUT2D eigenvalue weighted by molar-refractivity contribution is 5.84. The summed E-state index contributed by atoms with van der Waals surface area (Å²) in [5.41, 5.74) is -1.31. The Morgan fingerprint density at radius 2 is 1.94 bits per heavy atom. The van der Waals surface area contributed by atoms with Gasteiger partial charge in [-0.05, 0) is 38.1 Å². The van der Waals surface area contributed by atoms with Crippen molar-refractivity contribution in [2.75, 3.05) is 0 Å². The van der Waals surface area contributed by atoms with Crippen LogP contribution >= 0.6 is 0 Å². The van der Waals surface area contributed by atoms with Crippen molar-refractivity contribution >= 4 is 5.78 Å². The van der Waals surface area contributed by atoms with Crippen molar-refractivity contribution in [3.05, 3.63) is 36.0 Å². The van der Waals surface area contributed by atoms with Crippen LogP contribution in [0.1, 0.15) is 19.7 Å². The molecule has 2 aromatic rings. The molecule has 0 aliphatic rings. The summed E-state index contributed by atoms with van der Waals surface area (Å²) in [6, 6.07) is 5.44. The van der Waals surface area contributed by atoms with Gasteiger partial charge in [-0.1, -0.05) is 0 Å². The molecule has 0 aliphatic heterocycles. The average Bonchev–Trinajstić information content (AvgIpc) is 2.79. The van der Waals surface area contributed by atoms with Gasteiger partial charge in [0, 0.05) is 5.56 Å². The van der Waals surface area contributed by atoms with Gasteiger partial charge in [0.15, 0.2) is 11.4 Å². The molecule has 0 aliphatic carbocycles. The molecule has 1 heterocycles. The first-order chi connectivity index (χ1) is 8.41. The van der Waals surface area contributed by atoms with Crippen LogP contribution in [0, 0.1) is 5.82 Å². The zero-order chi connectivity index (χ0) is 13.3. The van der Waals surface area contributed by atoms with Crippen molar-refractivity contribution in [1.82, 2.24) is 10.2 Å². The van der Waals surface area contributed by atoms with E-state index >= 15 is 0 Å². The van der Waals surface area contributed by atoms with Crippen molar-refractivity contribution in [3.8, 4) is 11.5 Å². The fourth-order valence-corrected chi connectivity index (χ4v) is 1.28. The third kappa shape index (κ3) is 2.14. The minimum Gasteiger partial charge on any atom is -0.417 e. The number of nitrogens with zero attached hydrogens (tertiary/aromatic N) is 2. The van der Waals surface area contributed by atoms with Crippen molar-refractivity contribution in [3.63, 3.8) is 0 Å². The minimum atomic E-state index is -1.81. The maximum absolute atomic E-state index is 12.8. The number of benzene rings is 1. The molecule has 1 unspecified atom stereocenters. The van der Waals surface area contributed by atoms with Gasteiger partial charge in [0.1, 0.15) is 5.82 Å². The van der Waals surface area contributed by atoms with Crippen molar-refractivity contribution in [1.29, 1.82) is 0 Å². The summed E-state index contributed by atoms with van der Waals surface area (Å²) in [5, 5.41) is 17.2. The predicted molar refractivity (Wildman–Crippen MR) is 59.9 cm³/mol. The smallest absolute Gasteiger partial charge is 0.255 e. The monoisotopic (exact) mass is 250 g/mol. The van der Waals surface area contributed by atoms with E-state index in [4.69, 9.17) is 4.42 Å². The molecule has 94 valence electrons. The van der Waals surface area contributed by atoms with E-state index < -0.39 is 11.4 Å². The van der Waals surface area contributed by atoms with E-state index in [2.05, 4.69) is 10.2 Å². The number of hydrogen-bond donors (Lipinski definition) is 1. The molecule has 2 rings (SSSR count). The summed E-state index contributed by atoms with van der Waals surface area (Å²) in [6.07, 6.45) is 0. The highest BCUT2D eigenvalue weighted by Gasteiger charge is 2.35. The zero-order valence-corrected chi connectivity index (χ0v) is 9.85. The average molecular weight is 250 g/mol.